The Balaban J connectivity index is 1.44. The van der Waals surface area contributed by atoms with Crippen molar-refractivity contribution in [1.29, 1.82) is 0 Å². The van der Waals surface area contributed by atoms with Crippen LogP contribution in [0, 0.1) is 0 Å². The van der Waals surface area contributed by atoms with Gasteiger partial charge in [-0.15, -0.1) is 0 Å². The molecule has 30 heavy (non-hydrogen) atoms. The highest BCUT2D eigenvalue weighted by atomic mass is 16.5. The number of carbonyl (C=O) groups is 2. The molecule has 0 atom stereocenters. The molecule has 1 N–H and O–H groups in total. The first-order valence-electron chi connectivity index (χ1n) is 10.6. The van der Waals surface area contributed by atoms with Gasteiger partial charge in [0.2, 0.25) is 0 Å². The Morgan fingerprint density at radius 2 is 1.70 bits per heavy atom. The summed E-state index contributed by atoms with van der Waals surface area (Å²) in [5, 5.41) is 3.02. The number of aryl methyl sites for hydroxylation is 1. The first-order valence-corrected chi connectivity index (χ1v) is 10.6. The molecule has 6 nitrogen and oxygen atoms in total. The molecule has 1 fully saturated rings. The molecule has 1 aliphatic rings. The Labute approximate surface area is 178 Å². The molecule has 3 rings (SSSR count). The van der Waals surface area contributed by atoms with E-state index >= 15 is 0 Å². The van der Waals surface area contributed by atoms with Gasteiger partial charge in [0.25, 0.3) is 11.8 Å². The van der Waals surface area contributed by atoms with E-state index in [4.69, 9.17) is 9.47 Å². The fourth-order valence-electron chi connectivity index (χ4n) is 3.56. The number of ether oxygens (including phenoxy) is 2. The summed E-state index contributed by atoms with van der Waals surface area (Å²) in [5.74, 6) is 1.14. The average molecular weight is 411 g/mol. The smallest absolute Gasteiger partial charge is 0.258 e. The van der Waals surface area contributed by atoms with Gasteiger partial charge in [-0.05, 0) is 56.0 Å². The molecular formula is C24H30N2O4. The number of nitrogens with zero attached hydrogens (tertiary/aromatic N) is 1. The second kappa shape index (κ2) is 10.7. The van der Waals surface area contributed by atoms with Gasteiger partial charge in [0.1, 0.15) is 11.5 Å². The molecule has 2 aromatic carbocycles. The normalized spacial score (nSPS) is 14.3. The maximum absolute atomic E-state index is 12.9. The molecule has 0 unspecified atom stereocenters. The number of amides is 2. The van der Waals surface area contributed by atoms with Gasteiger partial charge in [-0.25, -0.2) is 0 Å². The summed E-state index contributed by atoms with van der Waals surface area (Å²) in [4.78, 5) is 26.9. The van der Waals surface area contributed by atoms with Crippen LogP contribution in [0.25, 0.3) is 0 Å². The Bertz CT molecular complexity index is 843. The number of likely N-dealkylation sites (tertiary alicyclic amines) is 1. The standard InChI is InChI=1S/C24H30N2O4/c1-3-18-9-11-20(12-10-18)30-17-23(27)25-19-13-15-26(16-14-19)24(28)21-7-5-6-8-22(21)29-4-2/h5-12,19H,3-4,13-17H2,1-2H3,(H,25,27). The van der Waals surface area contributed by atoms with Crippen molar-refractivity contribution in [2.24, 2.45) is 0 Å². The highest BCUT2D eigenvalue weighted by molar-refractivity contribution is 5.97. The summed E-state index contributed by atoms with van der Waals surface area (Å²) in [6, 6.07) is 15.2. The summed E-state index contributed by atoms with van der Waals surface area (Å²) in [6.07, 6.45) is 2.41. The van der Waals surface area contributed by atoms with Crippen LogP contribution in [0.2, 0.25) is 0 Å². The van der Waals surface area contributed by atoms with E-state index < -0.39 is 0 Å². The molecular weight excluding hydrogens is 380 g/mol. The highest BCUT2D eigenvalue weighted by Gasteiger charge is 2.26. The van der Waals surface area contributed by atoms with Crippen LogP contribution >= 0.6 is 0 Å². The minimum absolute atomic E-state index is 0.00759. The van der Waals surface area contributed by atoms with Crippen molar-refractivity contribution in [3.8, 4) is 11.5 Å². The number of carbonyl (C=O) groups excluding carboxylic acids is 2. The SMILES string of the molecule is CCOc1ccccc1C(=O)N1CCC(NC(=O)COc2ccc(CC)cc2)CC1. The van der Waals surface area contributed by atoms with Crippen LogP contribution in [0.5, 0.6) is 11.5 Å². The fourth-order valence-corrected chi connectivity index (χ4v) is 3.56. The van der Waals surface area contributed by atoms with E-state index in [2.05, 4.69) is 12.2 Å². The van der Waals surface area contributed by atoms with E-state index in [1.165, 1.54) is 5.56 Å². The molecule has 160 valence electrons. The Morgan fingerprint density at radius 1 is 1.00 bits per heavy atom. The maximum Gasteiger partial charge on any atom is 0.258 e. The molecule has 2 aromatic rings. The number of piperidine rings is 1. The predicted octanol–water partition coefficient (Wildman–Crippen LogP) is 3.45. The zero-order chi connectivity index (χ0) is 21.3. The van der Waals surface area contributed by atoms with E-state index in [-0.39, 0.29) is 24.5 Å². The van der Waals surface area contributed by atoms with Crippen LogP contribution in [-0.4, -0.2) is 49.1 Å². The third-order valence-corrected chi connectivity index (χ3v) is 5.27. The first-order chi connectivity index (χ1) is 14.6. The van der Waals surface area contributed by atoms with Crippen LogP contribution in [0.15, 0.2) is 48.5 Å². The fraction of sp³-hybridized carbons (Fsp3) is 0.417. The number of rotatable bonds is 8. The molecule has 1 saturated heterocycles. The number of hydrogen-bond acceptors (Lipinski definition) is 4. The minimum atomic E-state index is -0.138. The van der Waals surface area contributed by atoms with E-state index in [1.807, 2.05) is 54.3 Å². The third-order valence-electron chi connectivity index (χ3n) is 5.27. The molecule has 0 radical (unpaired) electrons. The van der Waals surface area contributed by atoms with Crippen molar-refractivity contribution in [3.05, 3.63) is 59.7 Å². The van der Waals surface area contributed by atoms with E-state index in [9.17, 15) is 9.59 Å². The quantitative estimate of drug-likeness (QED) is 0.724. The zero-order valence-electron chi connectivity index (χ0n) is 17.7. The summed E-state index contributed by atoms with van der Waals surface area (Å²) in [5.41, 5.74) is 1.82. The lowest BCUT2D eigenvalue weighted by molar-refractivity contribution is -0.124. The van der Waals surface area contributed by atoms with Gasteiger partial charge >= 0.3 is 0 Å². The second-order valence-electron chi connectivity index (χ2n) is 7.35. The highest BCUT2D eigenvalue weighted by Crippen LogP contribution is 2.22. The van der Waals surface area contributed by atoms with Gasteiger partial charge in [0, 0.05) is 19.1 Å². The molecule has 0 saturated carbocycles. The van der Waals surface area contributed by atoms with Crippen molar-refractivity contribution in [2.45, 2.75) is 39.2 Å². The zero-order valence-corrected chi connectivity index (χ0v) is 17.7. The molecule has 0 aliphatic carbocycles. The summed E-state index contributed by atoms with van der Waals surface area (Å²) < 4.78 is 11.2. The molecule has 0 bridgehead atoms. The van der Waals surface area contributed by atoms with Gasteiger partial charge in [-0.3, -0.25) is 9.59 Å². The monoisotopic (exact) mass is 410 g/mol. The summed E-state index contributed by atoms with van der Waals surface area (Å²) >= 11 is 0. The molecule has 6 heteroatoms. The van der Waals surface area contributed by atoms with Crippen molar-refractivity contribution in [2.75, 3.05) is 26.3 Å². The van der Waals surface area contributed by atoms with E-state index in [0.717, 1.165) is 19.3 Å². The van der Waals surface area contributed by atoms with Gasteiger partial charge in [0.05, 0.1) is 12.2 Å². The maximum atomic E-state index is 12.9. The predicted molar refractivity (Wildman–Crippen MR) is 116 cm³/mol. The van der Waals surface area contributed by atoms with Crippen LogP contribution in [0.4, 0.5) is 0 Å². The Morgan fingerprint density at radius 3 is 2.37 bits per heavy atom. The van der Waals surface area contributed by atoms with Crippen LogP contribution in [0.1, 0.15) is 42.6 Å². The van der Waals surface area contributed by atoms with Gasteiger partial charge in [-0.2, -0.15) is 0 Å². The number of nitrogens with one attached hydrogen (secondary N) is 1. The number of benzene rings is 2. The third kappa shape index (κ3) is 5.75. The molecule has 2 amide bonds. The average Bonchev–Trinajstić information content (AvgIpc) is 2.79. The summed E-state index contributed by atoms with van der Waals surface area (Å²) in [7, 11) is 0. The van der Waals surface area contributed by atoms with Crippen molar-refractivity contribution < 1.29 is 19.1 Å². The van der Waals surface area contributed by atoms with Crippen LogP contribution < -0.4 is 14.8 Å². The Hall–Kier alpha value is -3.02. The van der Waals surface area contributed by atoms with Crippen LogP contribution in [-0.2, 0) is 11.2 Å². The van der Waals surface area contributed by atoms with Crippen LogP contribution in [0.3, 0.4) is 0 Å². The molecule has 0 spiro atoms. The molecule has 1 heterocycles. The lowest BCUT2D eigenvalue weighted by Crippen LogP contribution is -2.47. The lowest BCUT2D eigenvalue weighted by atomic mass is 10.0. The molecule has 1 aliphatic heterocycles. The second-order valence-corrected chi connectivity index (χ2v) is 7.35. The summed E-state index contributed by atoms with van der Waals surface area (Å²) in [6.45, 7) is 5.71. The Kier molecular flexibility index (Phi) is 7.71. The van der Waals surface area contributed by atoms with Crippen molar-refractivity contribution >= 4 is 11.8 Å². The lowest BCUT2D eigenvalue weighted by Gasteiger charge is -2.32. The van der Waals surface area contributed by atoms with Crippen molar-refractivity contribution in [3.63, 3.8) is 0 Å². The minimum Gasteiger partial charge on any atom is -0.493 e. The largest absolute Gasteiger partial charge is 0.493 e. The first kappa shape index (κ1) is 21.7. The van der Waals surface area contributed by atoms with Crippen molar-refractivity contribution in [1.82, 2.24) is 10.2 Å². The number of para-hydroxylation sites is 1. The topological polar surface area (TPSA) is 67.9 Å². The van der Waals surface area contributed by atoms with E-state index in [0.29, 0.717) is 36.8 Å². The van der Waals surface area contributed by atoms with E-state index in [1.54, 1.807) is 6.07 Å². The van der Waals surface area contributed by atoms with Gasteiger partial charge in [-0.1, -0.05) is 31.2 Å². The van der Waals surface area contributed by atoms with Gasteiger partial charge in [0.15, 0.2) is 6.61 Å². The number of hydrogen-bond donors (Lipinski definition) is 1. The molecule has 0 aromatic heterocycles. The van der Waals surface area contributed by atoms with Gasteiger partial charge < -0.3 is 19.7 Å².